The molecular weight excluding hydrogens is 275 g/mol. The van der Waals surface area contributed by atoms with Crippen LogP contribution in [0, 0.1) is 0 Å². The Bertz CT molecular complexity index is 566. The van der Waals surface area contributed by atoms with E-state index in [4.69, 9.17) is 0 Å². The van der Waals surface area contributed by atoms with Gasteiger partial charge in [0.1, 0.15) is 0 Å². The normalized spacial score (nSPS) is 13.2. The van der Waals surface area contributed by atoms with Crippen LogP contribution in [0.2, 0.25) is 0 Å². The van der Waals surface area contributed by atoms with E-state index in [-0.39, 0.29) is 0 Å². The SMILES string of the molecule is CCC(NC)c1ccc(-c2ccc(C(F)(F)F)cc2)cc1. The third-order valence-corrected chi connectivity index (χ3v) is 3.62. The molecule has 2 rings (SSSR count). The third kappa shape index (κ3) is 3.64. The van der Waals surface area contributed by atoms with E-state index in [1.807, 2.05) is 31.3 Å². The minimum Gasteiger partial charge on any atom is -0.313 e. The number of benzene rings is 2. The van der Waals surface area contributed by atoms with Crippen LogP contribution in [0.4, 0.5) is 13.2 Å². The molecule has 4 heteroatoms. The van der Waals surface area contributed by atoms with Crippen molar-refractivity contribution >= 4 is 0 Å². The topological polar surface area (TPSA) is 12.0 Å². The van der Waals surface area contributed by atoms with Crippen LogP contribution >= 0.6 is 0 Å². The molecule has 1 N–H and O–H groups in total. The third-order valence-electron chi connectivity index (χ3n) is 3.62. The Labute approximate surface area is 122 Å². The average Bonchev–Trinajstić information content (AvgIpc) is 2.48. The van der Waals surface area contributed by atoms with Crippen molar-refractivity contribution in [1.29, 1.82) is 0 Å². The van der Waals surface area contributed by atoms with Gasteiger partial charge in [0, 0.05) is 6.04 Å². The highest BCUT2D eigenvalue weighted by molar-refractivity contribution is 5.64. The fourth-order valence-electron chi connectivity index (χ4n) is 2.37. The van der Waals surface area contributed by atoms with Crippen LogP contribution in [0.5, 0.6) is 0 Å². The van der Waals surface area contributed by atoms with Gasteiger partial charge in [-0.05, 0) is 42.3 Å². The predicted molar refractivity (Wildman–Crippen MR) is 79.0 cm³/mol. The van der Waals surface area contributed by atoms with Gasteiger partial charge >= 0.3 is 6.18 Å². The molecule has 0 radical (unpaired) electrons. The first kappa shape index (κ1) is 15.6. The second kappa shape index (κ2) is 6.31. The Hall–Kier alpha value is -1.81. The molecule has 2 aromatic carbocycles. The lowest BCUT2D eigenvalue weighted by Crippen LogP contribution is -2.14. The summed E-state index contributed by atoms with van der Waals surface area (Å²) in [5.74, 6) is 0. The number of halogens is 3. The summed E-state index contributed by atoms with van der Waals surface area (Å²) in [7, 11) is 1.91. The maximum atomic E-state index is 12.5. The molecular formula is C17H18F3N. The summed E-state index contributed by atoms with van der Waals surface area (Å²) in [6.45, 7) is 2.10. The van der Waals surface area contributed by atoms with Crippen molar-refractivity contribution in [2.45, 2.75) is 25.6 Å². The van der Waals surface area contributed by atoms with E-state index in [1.165, 1.54) is 17.7 Å². The van der Waals surface area contributed by atoms with Crippen molar-refractivity contribution in [2.24, 2.45) is 0 Å². The van der Waals surface area contributed by atoms with E-state index in [1.54, 1.807) is 0 Å². The largest absolute Gasteiger partial charge is 0.416 e. The highest BCUT2D eigenvalue weighted by Gasteiger charge is 2.29. The summed E-state index contributed by atoms with van der Waals surface area (Å²) < 4.78 is 37.6. The second-order valence-corrected chi connectivity index (χ2v) is 4.95. The quantitative estimate of drug-likeness (QED) is 0.832. The lowest BCUT2D eigenvalue weighted by molar-refractivity contribution is -0.137. The predicted octanol–water partition coefficient (Wildman–Crippen LogP) is 5.04. The average molecular weight is 293 g/mol. The minimum absolute atomic E-state index is 0.298. The molecule has 112 valence electrons. The van der Waals surface area contributed by atoms with Gasteiger partial charge in [-0.25, -0.2) is 0 Å². The molecule has 0 saturated heterocycles. The van der Waals surface area contributed by atoms with Crippen LogP contribution in [0.25, 0.3) is 11.1 Å². The molecule has 0 heterocycles. The van der Waals surface area contributed by atoms with Crippen molar-refractivity contribution in [2.75, 3.05) is 7.05 Å². The number of hydrogen-bond acceptors (Lipinski definition) is 1. The molecule has 1 unspecified atom stereocenters. The fraction of sp³-hybridized carbons (Fsp3) is 0.294. The summed E-state index contributed by atoms with van der Waals surface area (Å²) in [5, 5.41) is 3.23. The first-order valence-corrected chi connectivity index (χ1v) is 6.90. The van der Waals surface area contributed by atoms with E-state index in [0.717, 1.165) is 29.7 Å². The zero-order valence-electron chi connectivity index (χ0n) is 12.0. The van der Waals surface area contributed by atoms with E-state index in [2.05, 4.69) is 12.2 Å². The summed E-state index contributed by atoms with van der Waals surface area (Å²) in [6.07, 6.45) is -3.31. The maximum Gasteiger partial charge on any atom is 0.416 e. The molecule has 0 aromatic heterocycles. The molecule has 0 bridgehead atoms. The molecule has 0 spiro atoms. The van der Waals surface area contributed by atoms with Gasteiger partial charge in [0.25, 0.3) is 0 Å². The number of hydrogen-bond donors (Lipinski definition) is 1. The molecule has 0 amide bonds. The smallest absolute Gasteiger partial charge is 0.313 e. The molecule has 21 heavy (non-hydrogen) atoms. The summed E-state index contributed by atoms with van der Waals surface area (Å²) in [5.41, 5.74) is 2.25. The van der Waals surface area contributed by atoms with Gasteiger partial charge in [-0.3, -0.25) is 0 Å². The number of alkyl halides is 3. The van der Waals surface area contributed by atoms with E-state index < -0.39 is 11.7 Å². The number of rotatable bonds is 4. The van der Waals surface area contributed by atoms with Crippen molar-refractivity contribution in [3.8, 4) is 11.1 Å². The first-order chi connectivity index (χ1) is 9.95. The first-order valence-electron chi connectivity index (χ1n) is 6.90. The van der Waals surface area contributed by atoms with Crippen LogP contribution in [0.1, 0.15) is 30.5 Å². The molecule has 1 nitrogen and oxygen atoms in total. The standard InChI is InChI=1S/C17H18F3N/c1-3-16(21-2)14-6-4-12(5-7-14)13-8-10-15(11-9-13)17(18,19)20/h4-11,16,21H,3H2,1-2H3. The highest BCUT2D eigenvalue weighted by atomic mass is 19.4. The van der Waals surface area contributed by atoms with Gasteiger partial charge in [-0.2, -0.15) is 13.2 Å². The zero-order valence-corrected chi connectivity index (χ0v) is 12.0. The van der Waals surface area contributed by atoms with Crippen LogP contribution in [0.15, 0.2) is 48.5 Å². The zero-order chi connectivity index (χ0) is 15.5. The van der Waals surface area contributed by atoms with Crippen LogP contribution in [-0.2, 0) is 6.18 Å². The molecule has 0 fully saturated rings. The Morgan fingerprint density at radius 2 is 1.38 bits per heavy atom. The number of nitrogens with one attached hydrogen (secondary N) is 1. The van der Waals surface area contributed by atoms with Gasteiger partial charge < -0.3 is 5.32 Å². The lowest BCUT2D eigenvalue weighted by Gasteiger charge is -2.14. The van der Waals surface area contributed by atoms with Gasteiger partial charge in [-0.15, -0.1) is 0 Å². The van der Waals surface area contributed by atoms with Crippen molar-refractivity contribution in [3.05, 3.63) is 59.7 Å². The molecule has 0 aliphatic rings. The van der Waals surface area contributed by atoms with Crippen LogP contribution in [0.3, 0.4) is 0 Å². The van der Waals surface area contributed by atoms with Crippen LogP contribution < -0.4 is 5.32 Å². The van der Waals surface area contributed by atoms with Gasteiger partial charge in [0.05, 0.1) is 5.56 Å². The Balaban J connectivity index is 2.23. The van der Waals surface area contributed by atoms with Gasteiger partial charge in [0.2, 0.25) is 0 Å². The highest BCUT2D eigenvalue weighted by Crippen LogP contribution is 2.31. The van der Waals surface area contributed by atoms with Crippen molar-refractivity contribution in [3.63, 3.8) is 0 Å². The van der Waals surface area contributed by atoms with Gasteiger partial charge in [-0.1, -0.05) is 43.3 Å². The monoisotopic (exact) mass is 293 g/mol. The molecule has 0 aliphatic heterocycles. The van der Waals surface area contributed by atoms with E-state index in [0.29, 0.717) is 6.04 Å². The lowest BCUT2D eigenvalue weighted by atomic mass is 9.99. The fourth-order valence-corrected chi connectivity index (χ4v) is 2.37. The van der Waals surface area contributed by atoms with Crippen molar-refractivity contribution < 1.29 is 13.2 Å². The molecule has 0 aliphatic carbocycles. The Kier molecular flexibility index (Phi) is 4.68. The second-order valence-electron chi connectivity index (χ2n) is 4.95. The maximum absolute atomic E-state index is 12.5. The minimum atomic E-state index is -4.29. The van der Waals surface area contributed by atoms with E-state index in [9.17, 15) is 13.2 Å². The molecule has 2 aromatic rings. The summed E-state index contributed by atoms with van der Waals surface area (Å²) in [4.78, 5) is 0. The van der Waals surface area contributed by atoms with Gasteiger partial charge in [0.15, 0.2) is 0 Å². The van der Waals surface area contributed by atoms with Crippen LogP contribution in [-0.4, -0.2) is 7.05 Å². The summed E-state index contributed by atoms with van der Waals surface area (Å²) >= 11 is 0. The van der Waals surface area contributed by atoms with Crippen molar-refractivity contribution in [1.82, 2.24) is 5.32 Å². The van der Waals surface area contributed by atoms with E-state index >= 15 is 0 Å². The Morgan fingerprint density at radius 3 is 1.76 bits per heavy atom. The molecule has 0 saturated carbocycles. The Morgan fingerprint density at radius 1 is 0.905 bits per heavy atom. The summed E-state index contributed by atoms with van der Waals surface area (Å²) in [6, 6.07) is 13.5. The molecule has 1 atom stereocenters.